The number of hydrogen-bond acceptors (Lipinski definition) is 4. The van der Waals surface area contributed by atoms with E-state index >= 15 is 0 Å². The van der Waals surface area contributed by atoms with E-state index in [1.807, 2.05) is 0 Å². The van der Waals surface area contributed by atoms with Crippen molar-refractivity contribution >= 4 is 96.2 Å². The Labute approximate surface area is 314 Å². The molecule has 0 radical (unpaired) electrons. The molecule has 0 bridgehead atoms. The molecule has 1 aromatic heterocycles. The molecule has 0 spiro atoms. The third-order valence-corrected chi connectivity index (χ3v) is 11.1. The van der Waals surface area contributed by atoms with Gasteiger partial charge >= 0.3 is 0 Å². The van der Waals surface area contributed by atoms with Crippen molar-refractivity contribution in [3.8, 4) is 0 Å². The highest BCUT2D eigenvalue weighted by Crippen LogP contribution is 2.49. The van der Waals surface area contributed by atoms with Gasteiger partial charge in [-0.05, 0) is 95.6 Å². The van der Waals surface area contributed by atoms with Crippen LogP contribution in [0.5, 0.6) is 0 Å². The molecule has 11 rings (SSSR count). The second-order valence-corrected chi connectivity index (χ2v) is 14.2. The first-order valence-corrected chi connectivity index (χ1v) is 18.6. The maximum absolute atomic E-state index is 6.85. The van der Waals surface area contributed by atoms with Gasteiger partial charge < -0.3 is 19.1 Å². The summed E-state index contributed by atoms with van der Waals surface area (Å²) in [5, 5.41) is 2.23. The summed E-state index contributed by atoms with van der Waals surface area (Å²) in [5.74, 6) is 0. The van der Waals surface area contributed by atoms with Crippen LogP contribution in [0, 0.1) is 6.92 Å². The minimum atomic E-state index is 0.0447. The van der Waals surface area contributed by atoms with E-state index in [2.05, 4.69) is 210 Å². The van der Waals surface area contributed by atoms with E-state index in [4.69, 9.17) is 4.42 Å². The standard InChI is InChI=1S/C49H34BN3O/c1-33-17-15-24-38-39-25-16-30-44(49(39)54-48(33)38)51(34-18-5-2-6-19-34)37-31-45-47-46(32-37)53(36-22-9-4-10-23-36)43-29-14-12-27-41(43)50(47)40-26-11-13-28-42(40)52(45)35-20-7-3-8-21-35/h2-32H,1H3. The Kier molecular flexibility index (Phi) is 6.83. The van der Waals surface area contributed by atoms with Crippen LogP contribution in [0.15, 0.2) is 192 Å². The molecule has 54 heavy (non-hydrogen) atoms. The fourth-order valence-corrected chi connectivity index (χ4v) is 8.85. The SMILES string of the molecule is Cc1cccc2c1oc1c(N(c3ccccc3)c3cc4c5c(c3)N(c3ccccc3)c3ccccc3B5c3ccccc3N4c3ccccc3)cccc12. The van der Waals surface area contributed by atoms with Crippen LogP contribution < -0.4 is 31.1 Å². The highest BCUT2D eigenvalue weighted by Gasteiger charge is 2.43. The number of hydrogen-bond donors (Lipinski definition) is 0. The van der Waals surface area contributed by atoms with Gasteiger partial charge in [0, 0.05) is 50.6 Å². The van der Waals surface area contributed by atoms with Crippen LogP contribution in [0.1, 0.15) is 5.56 Å². The maximum atomic E-state index is 6.85. The largest absolute Gasteiger partial charge is 0.454 e. The summed E-state index contributed by atoms with van der Waals surface area (Å²) in [6, 6.07) is 67.8. The van der Waals surface area contributed by atoms with E-state index < -0.39 is 0 Å². The normalized spacial score (nSPS) is 12.8. The average molecular weight is 692 g/mol. The van der Waals surface area contributed by atoms with E-state index in [0.29, 0.717) is 0 Å². The fraction of sp³-hybridized carbons (Fsp3) is 0.0204. The number of furan rings is 1. The van der Waals surface area contributed by atoms with Crippen LogP contribution in [0.3, 0.4) is 0 Å². The van der Waals surface area contributed by atoms with Crippen molar-refractivity contribution < 1.29 is 4.42 Å². The number of fused-ring (bicyclic) bond motifs is 7. The first-order chi connectivity index (χ1) is 26.7. The Balaban J connectivity index is 1.27. The second kappa shape index (κ2) is 12.0. The summed E-state index contributed by atoms with van der Waals surface area (Å²) in [5.41, 5.74) is 16.8. The highest BCUT2D eigenvalue weighted by atomic mass is 16.3. The molecule has 0 fully saturated rings. The van der Waals surface area contributed by atoms with Gasteiger partial charge in [-0.25, -0.2) is 0 Å². The molecule has 2 aliphatic rings. The monoisotopic (exact) mass is 691 g/mol. The van der Waals surface area contributed by atoms with Crippen molar-refractivity contribution in [2.24, 2.45) is 0 Å². The topological polar surface area (TPSA) is 22.9 Å². The predicted molar refractivity (Wildman–Crippen MR) is 227 cm³/mol. The summed E-state index contributed by atoms with van der Waals surface area (Å²) in [6.07, 6.45) is 0. The smallest absolute Gasteiger partial charge is 0.252 e. The van der Waals surface area contributed by atoms with Crippen molar-refractivity contribution in [1.29, 1.82) is 0 Å². The first kappa shape index (κ1) is 30.6. The third-order valence-electron chi connectivity index (χ3n) is 11.1. The highest BCUT2D eigenvalue weighted by molar-refractivity contribution is 7.00. The Morgan fingerprint density at radius 2 is 0.944 bits per heavy atom. The van der Waals surface area contributed by atoms with Crippen molar-refractivity contribution in [2.45, 2.75) is 6.92 Å². The summed E-state index contributed by atoms with van der Waals surface area (Å²) in [7, 11) is 0. The molecule has 0 aliphatic carbocycles. The molecule has 0 amide bonds. The summed E-state index contributed by atoms with van der Waals surface area (Å²) in [6.45, 7) is 2.17. The first-order valence-electron chi connectivity index (χ1n) is 18.6. The van der Waals surface area contributed by atoms with E-state index in [0.717, 1.165) is 67.3 Å². The number of aryl methyl sites for hydroxylation is 1. The van der Waals surface area contributed by atoms with Crippen molar-refractivity contribution in [2.75, 3.05) is 14.7 Å². The Morgan fingerprint density at radius 1 is 0.444 bits per heavy atom. The van der Waals surface area contributed by atoms with Crippen LogP contribution in [0.25, 0.3) is 21.9 Å². The zero-order valence-corrected chi connectivity index (χ0v) is 29.7. The molecule has 3 heterocycles. The molecule has 8 aromatic carbocycles. The number of para-hydroxylation sites is 7. The van der Waals surface area contributed by atoms with E-state index in [1.165, 1.54) is 27.8 Å². The summed E-state index contributed by atoms with van der Waals surface area (Å²) >= 11 is 0. The molecular formula is C49H34BN3O. The molecule has 254 valence electrons. The number of anilines is 9. The summed E-state index contributed by atoms with van der Waals surface area (Å²) < 4.78 is 6.85. The molecule has 0 unspecified atom stereocenters. The number of rotatable bonds is 5. The molecule has 4 nitrogen and oxygen atoms in total. The minimum absolute atomic E-state index is 0.0447. The number of nitrogens with zero attached hydrogens (tertiary/aromatic N) is 3. The Bertz CT molecular complexity index is 2760. The molecule has 0 atom stereocenters. The summed E-state index contributed by atoms with van der Waals surface area (Å²) in [4.78, 5) is 7.29. The molecule has 0 saturated heterocycles. The lowest BCUT2D eigenvalue weighted by atomic mass is 9.33. The molecular weight excluding hydrogens is 657 g/mol. The van der Waals surface area contributed by atoms with E-state index in [-0.39, 0.29) is 6.71 Å². The lowest BCUT2D eigenvalue weighted by molar-refractivity contribution is 0.666. The lowest BCUT2D eigenvalue weighted by Crippen LogP contribution is -2.61. The van der Waals surface area contributed by atoms with Crippen molar-refractivity contribution in [3.05, 3.63) is 194 Å². The van der Waals surface area contributed by atoms with Crippen LogP contribution in [0.4, 0.5) is 51.2 Å². The zero-order valence-electron chi connectivity index (χ0n) is 29.7. The number of benzene rings is 8. The maximum Gasteiger partial charge on any atom is 0.252 e. The molecule has 0 saturated carbocycles. The van der Waals surface area contributed by atoms with Gasteiger partial charge in [-0.15, -0.1) is 0 Å². The van der Waals surface area contributed by atoms with E-state index in [1.54, 1.807) is 0 Å². The second-order valence-electron chi connectivity index (χ2n) is 14.2. The van der Waals surface area contributed by atoms with Gasteiger partial charge in [-0.2, -0.15) is 0 Å². The lowest BCUT2D eigenvalue weighted by Gasteiger charge is -2.44. The third kappa shape index (κ3) is 4.52. The Hall–Kier alpha value is -6.98. The van der Waals surface area contributed by atoms with Gasteiger partial charge in [0.05, 0.1) is 11.4 Å². The van der Waals surface area contributed by atoms with Crippen molar-refractivity contribution in [3.63, 3.8) is 0 Å². The van der Waals surface area contributed by atoms with Crippen LogP contribution in [0.2, 0.25) is 0 Å². The van der Waals surface area contributed by atoms with E-state index in [9.17, 15) is 0 Å². The van der Waals surface area contributed by atoms with Crippen LogP contribution >= 0.6 is 0 Å². The zero-order chi connectivity index (χ0) is 35.8. The quantitative estimate of drug-likeness (QED) is 0.168. The van der Waals surface area contributed by atoms with Gasteiger partial charge in [0.1, 0.15) is 5.58 Å². The van der Waals surface area contributed by atoms with Gasteiger partial charge in [-0.3, -0.25) is 0 Å². The fourth-order valence-electron chi connectivity index (χ4n) is 8.85. The van der Waals surface area contributed by atoms with Gasteiger partial charge in [0.25, 0.3) is 6.71 Å². The van der Waals surface area contributed by atoms with Crippen LogP contribution in [-0.2, 0) is 0 Å². The van der Waals surface area contributed by atoms with Gasteiger partial charge in [-0.1, -0.05) is 121 Å². The van der Waals surface area contributed by atoms with Gasteiger partial charge in [0.15, 0.2) is 5.58 Å². The average Bonchev–Trinajstić information content (AvgIpc) is 3.63. The van der Waals surface area contributed by atoms with Crippen molar-refractivity contribution in [1.82, 2.24) is 0 Å². The predicted octanol–water partition coefficient (Wildman–Crippen LogP) is 11.4. The Morgan fingerprint density at radius 3 is 1.54 bits per heavy atom. The van der Waals surface area contributed by atoms with Gasteiger partial charge in [0.2, 0.25) is 0 Å². The molecule has 2 aliphatic heterocycles. The molecule has 0 N–H and O–H groups in total. The molecule has 5 heteroatoms. The van der Waals surface area contributed by atoms with Crippen LogP contribution in [-0.4, -0.2) is 6.71 Å². The minimum Gasteiger partial charge on any atom is -0.454 e. The molecule has 9 aromatic rings.